The molecule has 12 heavy (non-hydrogen) atoms. The van der Waals surface area contributed by atoms with Crippen LogP contribution in [-0.2, 0) is 4.79 Å². The van der Waals surface area contributed by atoms with Gasteiger partial charge in [-0.2, -0.15) is 0 Å². The molecule has 0 aromatic carbocycles. The molecule has 0 saturated carbocycles. The molecule has 0 aromatic rings. The molecule has 0 bridgehead atoms. The molecule has 0 unspecified atom stereocenters. The third-order valence-electron chi connectivity index (χ3n) is 1.17. The van der Waals surface area contributed by atoms with Crippen LogP contribution in [0.15, 0.2) is 0 Å². The third-order valence-corrected chi connectivity index (χ3v) is 1.17. The third kappa shape index (κ3) is 16.6. The minimum Gasteiger partial charge on any atom is -1.00 e. The van der Waals surface area contributed by atoms with Crippen LogP contribution in [0.5, 0.6) is 0 Å². The lowest BCUT2D eigenvalue weighted by atomic mass is 10.5. The van der Waals surface area contributed by atoms with Crippen molar-refractivity contribution in [3.8, 4) is 0 Å². The van der Waals surface area contributed by atoms with Crippen LogP contribution in [0.3, 0.4) is 0 Å². The van der Waals surface area contributed by atoms with Crippen molar-refractivity contribution < 1.29 is 31.4 Å². The van der Waals surface area contributed by atoms with Gasteiger partial charge in [-0.25, -0.2) is 4.79 Å². The molecule has 0 aromatic heterocycles. The number of aliphatic hydroxyl groups excluding tert-OH is 1. The van der Waals surface area contributed by atoms with Gasteiger partial charge in [-0.1, -0.05) is 6.92 Å². The first-order valence-electron chi connectivity index (χ1n) is 3.79. The average Bonchev–Trinajstić information content (AvgIpc) is 1.87. The number of carbonyl (C=O) groups is 1. The van der Waals surface area contributed by atoms with Crippen molar-refractivity contribution in [1.29, 1.82) is 0 Å². The maximum atomic E-state index is 10.4. The van der Waals surface area contributed by atoms with Gasteiger partial charge in [-0.3, -0.25) is 4.48 Å². The molecule has 3 nitrogen and oxygen atoms in total. The normalized spacial score (nSPS) is 9.17. The number of aliphatic hydroxyl groups is 1. The highest BCUT2D eigenvalue weighted by molar-refractivity contribution is 5.64. The second-order valence-corrected chi connectivity index (χ2v) is 3.26. The Hall–Kier alpha value is 0.0700. The molecule has 0 fully saturated rings. The predicted octanol–water partition coefficient (Wildman–Crippen LogP) is -2.37. The Morgan fingerprint density at radius 2 is 1.50 bits per heavy atom. The summed E-state index contributed by atoms with van der Waals surface area (Å²) < 4.78 is 0.417. The molecular weight excluding hydrogens is 222 g/mol. The van der Waals surface area contributed by atoms with Gasteiger partial charge in [-0.05, 0) is 6.42 Å². The number of nitrogens with zero attached hydrogens (tertiary/aromatic N) is 1. The summed E-state index contributed by atoms with van der Waals surface area (Å²) in [6.45, 7) is 3.83. The van der Waals surface area contributed by atoms with E-state index >= 15 is 0 Å². The molecule has 0 spiro atoms. The summed E-state index contributed by atoms with van der Waals surface area (Å²) >= 11 is 0. The first-order valence-corrected chi connectivity index (χ1v) is 3.79. The summed E-state index contributed by atoms with van der Waals surface area (Å²) in [5.74, 6) is 0.181. The first-order chi connectivity index (χ1) is 4.86. The molecule has 0 atom stereocenters. The monoisotopic (exact) mass is 241 g/mol. The minimum atomic E-state index is 0. The number of rotatable bonds is 1. The van der Waals surface area contributed by atoms with Gasteiger partial charge in [0.2, 0.25) is 0 Å². The van der Waals surface area contributed by atoms with Crippen molar-refractivity contribution >= 4 is 5.91 Å². The number of amides is 1. The average molecular weight is 242 g/mol. The predicted molar refractivity (Wildman–Crippen MR) is 46.1 cm³/mol. The zero-order chi connectivity index (χ0) is 9.49. The van der Waals surface area contributed by atoms with Crippen molar-refractivity contribution in [2.24, 2.45) is 0 Å². The van der Waals surface area contributed by atoms with Crippen LogP contribution < -0.4 is 17.0 Å². The van der Waals surface area contributed by atoms with E-state index in [1.807, 2.05) is 28.1 Å². The fourth-order valence-corrected chi connectivity index (χ4v) is 0. The van der Waals surface area contributed by atoms with Gasteiger partial charge in [0.05, 0.1) is 28.1 Å². The number of halogens is 1. The fraction of sp³-hybridized carbons (Fsp3) is 0.875. The van der Waals surface area contributed by atoms with Gasteiger partial charge < -0.3 is 22.1 Å². The zero-order valence-electron chi connectivity index (χ0n) is 8.59. The Morgan fingerprint density at radius 1 is 1.33 bits per heavy atom. The van der Waals surface area contributed by atoms with E-state index in [9.17, 15) is 4.79 Å². The lowest BCUT2D eigenvalue weighted by molar-refractivity contribution is -0.791. The van der Waals surface area contributed by atoms with Crippen molar-refractivity contribution in [3.05, 3.63) is 0 Å². The zero-order valence-corrected chi connectivity index (χ0v) is 10.2. The highest BCUT2D eigenvalue weighted by atomic mass is 79.9. The molecule has 0 aliphatic heterocycles. The maximum absolute atomic E-state index is 10.4. The Labute approximate surface area is 85.7 Å². The SMILES string of the molecule is CC(=O)[N+](C)(C)C.CCCO.[Br-]. The lowest BCUT2D eigenvalue weighted by Gasteiger charge is -2.17. The highest BCUT2D eigenvalue weighted by Gasteiger charge is 2.11. The van der Waals surface area contributed by atoms with Crippen LogP contribution in [0.1, 0.15) is 20.3 Å². The van der Waals surface area contributed by atoms with Crippen LogP contribution in [0.4, 0.5) is 0 Å². The van der Waals surface area contributed by atoms with Gasteiger partial charge in [0.15, 0.2) is 0 Å². The molecule has 1 amide bonds. The first kappa shape index (κ1) is 18.0. The number of hydrogen-bond donors (Lipinski definition) is 1. The molecule has 76 valence electrons. The highest BCUT2D eigenvalue weighted by Crippen LogP contribution is 1.87. The molecule has 4 heteroatoms. The molecule has 0 rings (SSSR count). The molecule has 0 aliphatic rings. The summed E-state index contributed by atoms with van der Waals surface area (Å²) in [7, 11) is 5.55. The number of carbonyl (C=O) groups excluding carboxylic acids is 1. The summed E-state index contributed by atoms with van der Waals surface area (Å²) in [5.41, 5.74) is 0. The van der Waals surface area contributed by atoms with Crippen molar-refractivity contribution in [2.75, 3.05) is 27.7 Å². The molecule has 1 N–H and O–H groups in total. The Kier molecular flexibility index (Phi) is 13.7. The molecule has 0 aliphatic carbocycles. The summed E-state index contributed by atoms with van der Waals surface area (Å²) in [5, 5.41) is 7.88. The maximum Gasteiger partial charge on any atom is 0.309 e. The van der Waals surface area contributed by atoms with E-state index in [0.717, 1.165) is 6.42 Å². The minimum absolute atomic E-state index is 0. The van der Waals surface area contributed by atoms with Crippen LogP contribution in [0, 0.1) is 0 Å². The molecule has 0 radical (unpaired) electrons. The van der Waals surface area contributed by atoms with E-state index in [0.29, 0.717) is 11.1 Å². The smallest absolute Gasteiger partial charge is 0.309 e. The van der Waals surface area contributed by atoms with E-state index in [-0.39, 0.29) is 22.9 Å². The summed E-state index contributed by atoms with van der Waals surface area (Å²) in [6.07, 6.45) is 0.875. The largest absolute Gasteiger partial charge is 1.00 e. The van der Waals surface area contributed by atoms with Crippen LogP contribution in [0.25, 0.3) is 0 Å². The van der Waals surface area contributed by atoms with E-state index < -0.39 is 0 Å². The quantitative estimate of drug-likeness (QED) is 0.522. The lowest BCUT2D eigenvalue weighted by Crippen LogP contribution is -3.00. The van der Waals surface area contributed by atoms with E-state index in [2.05, 4.69) is 0 Å². The topological polar surface area (TPSA) is 37.3 Å². The second-order valence-electron chi connectivity index (χ2n) is 3.26. The second kappa shape index (κ2) is 9.16. The van der Waals surface area contributed by atoms with Crippen molar-refractivity contribution in [3.63, 3.8) is 0 Å². The number of quaternary nitrogens is 1. The van der Waals surface area contributed by atoms with Gasteiger partial charge in [0.1, 0.15) is 0 Å². The van der Waals surface area contributed by atoms with Crippen molar-refractivity contribution in [1.82, 2.24) is 0 Å². The van der Waals surface area contributed by atoms with Crippen LogP contribution in [0.2, 0.25) is 0 Å². The van der Waals surface area contributed by atoms with E-state index in [1.165, 1.54) is 0 Å². The van der Waals surface area contributed by atoms with Crippen molar-refractivity contribution in [2.45, 2.75) is 20.3 Å². The molecule has 0 saturated heterocycles. The van der Waals surface area contributed by atoms with Gasteiger partial charge in [0.25, 0.3) is 0 Å². The van der Waals surface area contributed by atoms with E-state index in [1.54, 1.807) is 6.92 Å². The fourth-order valence-electron chi connectivity index (χ4n) is 0. The van der Waals surface area contributed by atoms with E-state index in [4.69, 9.17) is 5.11 Å². The standard InChI is InChI=1S/C5H12NO.C3H8O.BrH/c1-5(7)6(2,3)4;1-2-3-4;/h1-4H3;4H,2-3H2,1H3;1H/q+1;;/p-1. The Morgan fingerprint density at radius 3 is 1.50 bits per heavy atom. The van der Waals surface area contributed by atoms with Gasteiger partial charge in [0, 0.05) is 6.61 Å². The van der Waals surface area contributed by atoms with Crippen LogP contribution in [-0.4, -0.2) is 43.2 Å². The molecular formula is C8H20BrNO2. The molecule has 0 heterocycles. The summed E-state index contributed by atoms with van der Waals surface area (Å²) in [4.78, 5) is 10.4. The number of hydrogen-bond acceptors (Lipinski definition) is 2. The van der Waals surface area contributed by atoms with Gasteiger partial charge >= 0.3 is 5.91 Å². The Bertz CT molecular complexity index is 108. The summed E-state index contributed by atoms with van der Waals surface area (Å²) in [6, 6.07) is 0. The Balaban J connectivity index is -0.000000142. The van der Waals surface area contributed by atoms with Crippen LogP contribution >= 0.6 is 0 Å². The van der Waals surface area contributed by atoms with Gasteiger partial charge in [-0.15, -0.1) is 0 Å².